The summed E-state index contributed by atoms with van der Waals surface area (Å²) in [6.07, 6.45) is 0. The van der Waals surface area contributed by atoms with Crippen LogP contribution in [0.4, 0.5) is 11.4 Å². The van der Waals surface area contributed by atoms with Gasteiger partial charge in [0.15, 0.2) is 0 Å². The van der Waals surface area contributed by atoms with Gasteiger partial charge in [0.1, 0.15) is 5.69 Å². The quantitative estimate of drug-likeness (QED) is 0.531. The first-order valence-electron chi connectivity index (χ1n) is 5.81. The van der Waals surface area contributed by atoms with Crippen LogP contribution >= 0.6 is 11.6 Å². The smallest absolute Gasteiger partial charge is 0.292 e. The molecule has 0 aliphatic carbocycles. The van der Waals surface area contributed by atoms with Crippen LogP contribution < -0.4 is 5.32 Å². The fourth-order valence-electron chi connectivity index (χ4n) is 1.68. The van der Waals surface area contributed by atoms with Crippen molar-refractivity contribution in [2.45, 2.75) is 5.88 Å². The summed E-state index contributed by atoms with van der Waals surface area (Å²) in [6.45, 7) is 0. The average Bonchev–Trinajstić information content (AvgIpc) is 2.47. The summed E-state index contributed by atoms with van der Waals surface area (Å²) in [7, 11) is 0. The number of rotatable bonds is 4. The molecule has 102 valence electrons. The second-order valence-electron chi connectivity index (χ2n) is 4.06. The van der Waals surface area contributed by atoms with Gasteiger partial charge in [-0.05, 0) is 23.8 Å². The van der Waals surface area contributed by atoms with Crippen LogP contribution in [-0.2, 0) is 5.88 Å². The second-order valence-corrected chi connectivity index (χ2v) is 4.33. The molecule has 2 rings (SSSR count). The first-order chi connectivity index (χ1) is 9.61. The minimum absolute atomic E-state index is 0.141. The second kappa shape index (κ2) is 6.16. The monoisotopic (exact) mass is 290 g/mol. The number of carbonyl (C=O) groups excluding carboxylic acids is 1. The van der Waals surface area contributed by atoms with Gasteiger partial charge < -0.3 is 5.32 Å². The van der Waals surface area contributed by atoms with Crippen molar-refractivity contribution in [2.75, 3.05) is 5.32 Å². The third-order valence-electron chi connectivity index (χ3n) is 2.72. The number of nitro benzene ring substituents is 1. The van der Waals surface area contributed by atoms with Crippen molar-refractivity contribution in [1.82, 2.24) is 0 Å². The molecule has 0 aromatic heterocycles. The largest absolute Gasteiger partial charge is 0.316 e. The van der Waals surface area contributed by atoms with E-state index in [1.54, 1.807) is 36.4 Å². The molecule has 0 unspecified atom stereocenters. The van der Waals surface area contributed by atoms with E-state index in [0.717, 1.165) is 5.56 Å². The molecule has 0 aliphatic heterocycles. The number of anilines is 1. The Kier molecular flexibility index (Phi) is 4.32. The third-order valence-corrected chi connectivity index (χ3v) is 3.03. The number of nitro groups is 1. The Bertz CT molecular complexity index is 641. The Labute approximate surface area is 120 Å². The van der Waals surface area contributed by atoms with Gasteiger partial charge in [-0.25, -0.2) is 0 Å². The first kappa shape index (κ1) is 14.0. The molecular formula is C14H11ClN2O3. The van der Waals surface area contributed by atoms with Crippen molar-refractivity contribution in [3.63, 3.8) is 0 Å². The summed E-state index contributed by atoms with van der Waals surface area (Å²) in [6, 6.07) is 12.7. The number of amides is 1. The van der Waals surface area contributed by atoms with E-state index in [-0.39, 0.29) is 11.4 Å². The minimum Gasteiger partial charge on any atom is -0.316 e. The molecule has 5 nitrogen and oxygen atoms in total. The van der Waals surface area contributed by atoms with Crippen molar-refractivity contribution < 1.29 is 9.72 Å². The number of carbonyl (C=O) groups is 1. The topological polar surface area (TPSA) is 72.2 Å². The highest BCUT2D eigenvalue weighted by Gasteiger charge is 2.15. The molecule has 0 bridgehead atoms. The van der Waals surface area contributed by atoms with Crippen molar-refractivity contribution >= 4 is 28.9 Å². The van der Waals surface area contributed by atoms with Crippen LogP contribution in [0.3, 0.4) is 0 Å². The molecule has 0 spiro atoms. The lowest BCUT2D eigenvalue weighted by Crippen LogP contribution is -2.13. The van der Waals surface area contributed by atoms with Crippen LogP contribution in [0.25, 0.3) is 0 Å². The van der Waals surface area contributed by atoms with E-state index in [4.69, 9.17) is 11.6 Å². The van der Waals surface area contributed by atoms with Crippen LogP contribution in [0.2, 0.25) is 0 Å². The maximum atomic E-state index is 12.0. The highest BCUT2D eigenvalue weighted by atomic mass is 35.5. The van der Waals surface area contributed by atoms with Gasteiger partial charge in [0, 0.05) is 17.5 Å². The fraction of sp³-hybridized carbons (Fsp3) is 0.0714. The standard InChI is InChI=1S/C14H11ClN2O3/c15-9-10-5-7-11(8-6-10)14(18)16-12-3-1-2-4-13(12)17(19)20/h1-8H,9H2,(H,16,18). The summed E-state index contributed by atoms with van der Waals surface area (Å²) in [4.78, 5) is 22.3. The summed E-state index contributed by atoms with van der Waals surface area (Å²) in [5.41, 5.74) is 1.34. The zero-order valence-corrected chi connectivity index (χ0v) is 11.1. The number of hydrogen-bond acceptors (Lipinski definition) is 3. The van der Waals surface area contributed by atoms with E-state index in [1.807, 2.05) is 0 Å². The van der Waals surface area contributed by atoms with E-state index in [0.29, 0.717) is 11.4 Å². The number of para-hydroxylation sites is 2. The van der Waals surface area contributed by atoms with Crippen LogP contribution in [0.1, 0.15) is 15.9 Å². The lowest BCUT2D eigenvalue weighted by molar-refractivity contribution is -0.383. The van der Waals surface area contributed by atoms with Crippen LogP contribution in [0.15, 0.2) is 48.5 Å². The first-order valence-corrected chi connectivity index (χ1v) is 6.35. The number of benzene rings is 2. The Hall–Kier alpha value is -2.40. The van der Waals surface area contributed by atoms with Crippen molar-refractivity contribution in [1.29, 1.82) is 0 Å². The summed E-state index contributed by atoms with van der Waals surface area (Å²) < 4.78 is 0. The van der Waals surface area contributed by atoms with Gasteiger partial charge in [0.25, 0.3) is 11.6 Å². The number of halogens is 1. The predicted molar refractivity (Wildman–Crippen MR) is 77.0 cm³/mol. The van der Waals surface area contributed by atoms with E-state index in [2.05, 4.69) is 5.32 Å². The minimum atomic E-state index is -0.536. The van der Waals surface area contributed by atoms with Crippen LogP contribution in [-0.4, -0.2) is 10.8 Å². The van der Waals surface area contributed by atoms with Crippen molar-refractivity contribution in [3.8, 4) is 0 Å². The molecule has 0 fully saturated rings. The van der Waals surface area contributed by atoms with Gasteiger partial charge >= 0.3 is 0 Å². The van der Waals surface area contributed by atoms with Gasteiger partial charge in [-0.15, -0.1) is 11.6 Å². The number of nitrogens with zero attached hydrogens (tertiary/aromatic N) is 1. The molecule has 0 saturated carbocycles. The Morgan fingerprint density at radius 1 is 1.15 bits per heavy atom. The molecule has 0 saturated heterocycles. The Balaban J connectivity index is 2.21. The average molecular weight is 291 g/mol. The molecule has 0 heterocycles. The maximum absolute atomic E-state index is 12.0. The van der Waals surface area contributed by atoms with Crippen LogP contribution in [0.5, 0.6) is 0 Å². The zero-order valence-electron chi connectivity index (χ0n) is 10.4. The van der Waals surface area contributed by atoms with Gasteiger partial charge in [-0.1, -0.05) is 24.3 Å². The Morgan fingerprint density at radius 2 is 1.80 bits per heavy atom. The van der Waals surface area contributed by atoms with Gasteiger partial charge in [-0.3, -0.25) is 14.9 Å². The van der Waals surface area contributed by atoms with Gasteiger partial charge in [0.05, 0.1) is 4.92 Å². The maximum Gasteiger partial charge on any atom is 0.292 e. The van der Waals surface area contributed by atoms with Crippen LogP contribution in [0, 0.1) is 10.1 Å². The lowest BCUT2D eigenvalue weighted by Gasteiger charge is -2.06. The molecule has 0 radical (unpaired) electrons. The Morgan fingerprint density at radius 3 is 2.40 bits per heavy atom. The number of hydrogen-bond donors (Lipinski definition) is 1. The number of alkyl halides is 1. The lowest BCUT2D eigenvalue weighted by atomic mass is 10.1. The molecule has 6 heteroatoms. The molecule has 2 aromatic carbocycles. The van der Waals surface area contributed by atoms with E-state index in [9.17, 15) is 14.9 Å². The highest BCUT2D eigenvalue weighted by molar-refractivity contribution is 6.17. The SMILES string of the molecule is O=C(Nc1ccccc1[N+](=O)[O-])c1ccc(CCl)cc1. The van der Waals surface area contributed by atoms with E-state index >= 15 is 0 Å². The van der Waals surface area contributed by atoms with Crippen molar-refractivity contribution in [2.24, 2.45) is 0 Å². The molecule has 1 amide bonds. The molecule has 0 aliphatic rings. The van der Waals surface area contributed by atoms with E-state index in [1.165, 1.54) is 12.1 Å². The zero-order chi connectivity index (χ0) is 14.5. The summed E-state index contributed by atoms with van der Waals surface area (Å²) in [5, 5.41) is 13.4. The predicted octanol–water partition coefficient (Wildman–Crippen LogP) is 3.59. The molecule has 0 atom stereocenters. The normalized spacial score (nSPS) is 10.1. The fourth-order valence-corrected chi connectivity index (χ4v) is 1.86. The van der Waals surface area contributed by atoms with Crippen molar-refractivity contribution in [3.05, 3.63) is 69.8 Å². The molecule has 2 aromatic rings. The summed E-state index contributed by atoms with van der Waals surface area (Å²) in [5.74, 6) is -0.0353. The third kappa shape index (κ3) is 3.13. The molecular weight excluding hydrogens is 280 g/mol. The highest BCUT2D eigenvalue weighted by Crippen LogP contribution is 2.23. The molecule has 20 heavy (non-hydrogen) atoms. The number of nitrogens with one attached hydrogen (secondary N) is 1. The molecule has 1 N–H and O–H groups in total. The van der Waals surface area contributed by atoms with E-state index < -0.39 is 10.8 Å². The van der Waals surface area contributed by atoms with Gasteiger partial charge in [-0.2, -0.15) is 0 Å². The summed E-state index contributed by atoms with van der Waals surface area (Å²) >= 11 is 5.67. The van der Waals surface area contributed by atoms with Gasteiger partial charge in [0.2, 0.25) is 0 Å².